The van der Waals surface area contributed by atoms with Crippen LogP contribution in [0.5, 0.6) is 0 Å². The fourth-order valence-electron chi connectivity index (χ4n) is 2.42. The van der Waals surface area contributed by atoms with E-state index in [1.165, 1.54) is 18.2 Å². The van der Waals surface area contributed by atoms with E-state index in [2.05, 4.69) is 10.3 Å². The van der Waals surface area contributed by atoms with Gasteiger partial charge in [-0.05, 0) is 38.5 Å². The number of amides is 1. The molecule has 1 atom stereocenters. The van der Waals surface area contributed by atoms with Crippen LogP contribution in [0.25, 0.3) is 10.9 Å². The molecule has 1 heterocycles. The number of aromatic nitrogens is 2. The monoisotopic (exact) mass is 345 g/mol. The standard InChI is InChI=1S/C17H19N3O5/c1-3-5-6-12(16(23)24)18-14(21)10-7-8-11-13(9-10)19-17(25)20(4-2)15(11)22/h3,5,7-9,12H,4,6H2,1-2H3,(H,18,21)(H,19,25)(H,23,24)/b5-3+. The van der Waals surface area contributed by atoms with E-state index in [-0.39, 0.29) is 29.4 Å². The largest absolute Gasteiger partial charge is 0.480 e. The highest BCUT2D eigenvalue weighted by Crippen LogP contribution is 2.10. The number of aromatic amines is 1. The average molecular weight is 345 g/mol. The van der Waals surface area contributed by atoms with Gasteiger partial charge in [-0.15, -0.1) is 0 Å². The van der Waals surface area contributed by atoms with E-state index >= 15 is 0 Å². The van der Waals surface area contributed by atoms with Gasteiger partial charge in [-0.25, -0.2) is 9.59 Å². The topological polar surface area (TPSA) is 121 Å². The minimum absolute atomic E-state index is 0.156. The normalized spacial score (nSPS) is 12.4. The second-order valence-electron chi connectivity index (χ2n) is 5.41. The van der Waals surface area contributed by atoms with Crippen molar-refractivity contribution in [2.24, 2.45) is 0 Å². The summed E-state index contributed by atoms with van der Waals surface area (Å²) in [5, 5.41) is 11.9. The summed E-state index contributed by atoms with van der Waals surface area (Å²) in [5.41, 5.74) is -0.616. The number of carbonyl (C=O) groups is 2. The van der Waals surface area contributed by atoms with E-state index in [1.807, 2.05) is 0 Å². The summed E-state index contributed by atoms with van der Waals surface area (Å²) in [6, 6.07) is 3.16. The van der Waals surface area contributed by atoms with Crippen LogP contribution in [-0.4, -0.2) is 32.6 Å². The van der Waals surface area contributed by atoms with E-state index in [1.54, 1.807) is 26.0 Å². The lowest BCUT2D eigenvalue weighted by molar-refractivity contribution is -0.139. The predicted octanol–water partition coefficient (Wildman–Crippen LogP) is 0.859. The number of allylic oxidation sites excluding steroid dienone is 1. The molecule has 0 fully saturated rings. The fraction of sp³-hybridized carbons (Fsp3) is 0.294. The number of rotatable bonds is 6. The first-order valence-corrected chi connectivity index (χ1v) is 7.80. The smallest absolute Gasteiger partial charge is 0.328 e. The molecule has 1 aromatic carbocycles. The molecule has 8 heteroatoms. The van der Waals surface area contributed by atoms with Crippen molar-refractivity contribution in [1.82, 2.24) is 14.9 Å². The Bertz CT molecular complexity index is 955. The van der Waals surface area contributed by atoms with Crippen molar-refractivity contribution in [2.45, 2.75) is 32.9 Å². The molecule has 2 aromatic rings. The Morgan fingerprint density at radius 3 is 2.68 bits per heavy atom. The number of aliphatic carboxylic acids is 1. The van der Waals surface area contributed by atoms with Crippen LogP contribution in [0.4, 0.5) is 0 Å². The summed E-state index contributed by atoms with van der Waals surface area (Å²) in [7, 11) is 0. The summed E-state index contributed by atoms with van der Waals surface area (Å²) in [6.07, 6.45) is 3.50. The van der Waals surface area contributed by atoms with Gasteiger partial charge in [0, 0.05) is 12.1 Å². The summed E-state index contributed by atoms with van der Waals surface area (Å²) >= 11 is 0. The lowest BCUT2D eigenvalue weighted by Gasteiger charge is -2.13. The highest BCUT2D eigenvalue weighted by Gasteiger charge is 2.19. The lowest BCUT2D eigenvalue weighted by Crippen LogP contribution is -2.40. The van der Waals surface area contributed by atoms with Gasteiger partial charge in [0.05, 0.1) is 10.9 Å². The maximum Gasteiger partial charge on any atom is 0.328 e. The molecule has 132 valence electrons. The summed E-state index contributed by atoms with van der Waals surface area (Å²) < 4.78 is 1.06. The molecule has 0 spiro atoms. The maximum atomic E-state index is 12.3. The quantitative estimate of drug-likeness (QED) is 0.670. The van der Waals surface area contributed by atoms with Gasteiger partial charge in [-0.3, -0.25) is 14.2 Å². The molecular weight excluding hydrogens is 326 g/mol. The molecular formula is C17H19N3O5. The van der Waals surface area contributed by atoms with Crippen molar-refractivity contribution in [1.29, 1.82) is 0 Å². The van der Waals surface area contributed by atoms with E-state index < -0.39 is 29.2 Å². The third-order valence-electron chi connectivity index (χ3n) is 3.77. The van der Waals surface area contributed by atoms with Crippen molar-refractivity contribution in [2.75, 3.05) is 0 Å². The van der Waals surface area contributed by atoms with Crippen LogP contribution in [0, 0.1) is 0 Å². The Labute approximate surface area is 142 Å². The minimum atomic E-state index is -1.15. The van der Waals surface area contributed by atoms with Crippen LogP contribution < -0.4 is 16.6 Å². The molecule has 0 aliphatic heterocycles. The molecule has 3 N–H and O–H groups in total. The van der Waals surface area contributed by atoms with Crippen molar-refractivity contribution in [3.63, 3.8) is 0 Å². The van der Waals surface area contributed by atoms with Crippen LogP contribution in [-0.2, 0) is 11.3 Å². The number of carboxylic acids is 1. The van der Waals surface area contributed by atoms with E-state index in [4.69, 9.17) is 5.11 Å². The number of fused-ring (bicyclic) bond motifs is 1. The highest BCUT2D eigenvalue weighted by atomic mass is 16.4. The van der Waals surface area contributed by atoms with E-state index in [0.29, 0.717) is 0 Å². The molecule has 2 rings (SSSR count). The fourth-order valence-corrected chi connectivity index (χ4v) is 2.42. The third kappa shape index (κ3) is 3.85. The Balaban J connectivity index is 2.38. The van der Waals surface area contributed by atoms with Crippen molar-refractivity contribution in [3.05, 3.63) is 56.8 Å². The second-order valence-corrected chi connectivity index (χ2v) is 5.41. The van der Waals surface area contributed by atoms with Gasteiger partial charge in [0.25, 0.3) is 11.5 Å². The van der Waals surface area contributed by atoms with Gasteiger partial charge < -0.3 is 15.4 Å². The zero-order valence-electron chi connectivity index (χ0n) is 13.9. The van der Waals surface area contributed by atoms with Gasteiger partial charge in [-0.1, -0.05) is 12.2 Å². The van der Waals surface area contributed by atoms with Gasteiger partial charge in [0.1, 0.15) is 6.04 Å². The number of nitrogens with zero attached hydrogens (tertiary/aromatic N) is 1. The number of hydrogen-bond donors (Lipinski definition) is 3. The number of nitrogens with one attached hydrogen (secondary N) is 2. The Morgan fingerprint density at radius 1 is 1.36 bits per heavy atom. The number of benzene rings is 1. The van der Waals surface area contributed by atoms with Gasteiger partial charge in [0.2, 0.25) is 0 Å². The average Bonchev–Trinajstić information content (AvgIpc) is 2.57. The zero-order chi connectivity index (χ0) is 18.6. The van der Waals surface area contributed by atoms with Crippen LogP contribution in [0.15, 0.2) is 39.9 Å². The highest BCUT2D eigenvalue weighted by molar-refractivity contribution is 5.99. The maximum absolute atomic E-state index is 12.3. The third-order valence-corrected chi connectivity index (χ3v) is 3.77. The lowest BCUT2D eigenvalue weighted by atomic mass is 10.1. The summed E-state index contributed by atoms with van der Waals surface area (Å²) in [6.45, 7) is 3.67. The first-order chi connectivity index (χ1) is 11.9. The van der Waals surface area contributed by atoms with Crippen LogP contribution in [0.2, 0.25) is 0 Å². The molecule has 0 radical (unpaired) electrons. The zero-order valence-corrected chi connectivity index (χ0v) is 13.9. The predicted molar refractivity (Wildman–Crippen MR) is 92.8 cm³/mol. The van der Waals surface area contributed by atoms with E-state index in [9.17, 15) is 19.2 Å². The number of H-pyrrole nitrogens is 1. The SMILES string of the molecule is C/C=C/CC(NC(=O)c1ccc2c(=O)n(CC)c(=O)[nH]c2c1)C(=O)O. The van der Waals surface area contributed by atoms with Crippen molar-refractivity contribution in [3.8, 4) is 0 Å². The summed E-state index contributed by atoms with van der Waals surface area (Å²) in [4.78, 5) is 50.1. The van der Waals surface area contributed by atoms with Crippen molar-refractivity contribution >= 4 is 22.8 Å². The molecule has 8 nitrogen and oxygen atoms in total. The molecule has 0 saturated carbocycles. The Kier molecular flexibility index (Phi) is 5.53. The van der Waals surface area contributed by atoms with E-state index in [0.717, 1.165) is 4.57 Å². The second kappa shape index (κ2) is 7.61. The van der Waals surface area contributed by atoms with Crippen LogP contribution in [0.3, 0.4) is 0 Å². The van der Waals surface area contributed by atoms with Crippen LogP contribution in [0.1, 0.15) is 30.6 Å². The molecule has 0 aliphatic rings. The Hall–Kier alpha value is -3.16. The first kappa shape index (κ1) is 18.2. The number of hydrogen-bond acceptors (Lipinski definition) is 4. The number of carbonyl (C=O) groups excluding carboxylic acids is 1. The first-order valence-electron chi connectivity index (χ1n) is 7.80. The molecule has 25 heavy (non-hydrogen) atoms. The molecule has 0 saturated heterocycles. The van der Waals surface area contributed by atoms with Gasteiger partial charge >= 0.3 is 11.7 Å². The molecule has 1 amide bonds. The summed E-state index contributed by atoms with van der Waals surface area (Å²) in [5.74, 6) is -1.74. The van der Waals surface area contributed by atoms with Crippen LogP contribution >= 0.6 is 0 Å². The van der Waals surface area contributed by atoms with Gasteiger partial charge in [0.15, 0.2) is 0 Å². The molecule has 1 aromatic heterocycles. The van der Waals surface area contributed by atoms with Gasteiger partial charge in [-0.2, -0.15) is 0 Å². The Morgan fingerprint density at radius 2 is 2.08 bits per heavy atom. The molecule has 1 unspecified atom stereocenters. The molecule has 0 aliphatic carbocycles. The minimum Gasteiger partial charge on any atom is -0.480 e. The molecule has 0 bridgehead atoms. The van der Waals surface area contributed by atoms with Crippen molar-refractivity contribution < 1.29 is 14.7 Å². The number of carboxylic acid groups (broad SMARTS) is 1.